The molecule has 2 fully saturated rings. The van der Waals surface area contributed by atoms with Gasteiger partial charge in [0.25, 0.3) is 0 Å². The molecule has 182 valence electrons. The number of hydrogen-bond donors (Lipinski definition) is 4. The van der Waals surface area contributed by atoms with Crippen LogP contribution in [-0.2, 0) is 14.3 Å². The van der Waals surface area contributed by atoms with Crippen LogP contribution in [0.4, 0.5) is 4.39 Å². The first-order chi connectivity index (χ1) is 17.0. The third-order valence-electron chi connectivity index (χ3n) is 6.08. The summed E-state index contributed by atoms with van der Waals surface area (Å²) in [6.07, 6.45) is 1.68. The van der Waals surface area contributed by atoms with Gasteiger partial charge in [-0.2, -0.15) is 5.53 Å². The highest BCUT2D eigenvalue weighted by Gasteiger charge is 2.38. The normalized spacial score (nSPS) is 23.4. The number of hydrazine groups is 2. The lowest BCUT2D eigenvalue weighted by Crippen LogP contribution is -2.77. The molecule has 10 nitrogen and oxygen atoms in total. The van der Waals surface area contributed by atoms with Crippen molar-refractivity contribution in [3.63, 3.8) is 0 Å². The van der Waals surface area contributed by atoms with Crippen molar-refractivity contribution in [1.29, 1.82) is 0 Å². The highest BCUT2D eigenvalue weighted by atomic mass is 32.1. The Bertz CT molecular complexity index is 1140. The Hall–Kier alpha value is -2.68. The molecule has 0 amide bonds. The lowest BCUT2D eigenvalue weighted by molar-refractivity contribution is -0.139. The van der Waals surface area contributed by atoms with Crippen molar-refractivity contribution in [1.82, 2.24) is 31.6 Å². The Labute approximate surface area is 207 Å². The molecule has 0 bridgehead atoms. The first kappa shape index (κ1) is 24.0. The number of ether oxygens (including phenoxy) is 2. The second kappa shape index (κ2) is 10.5. The topological polar surface area (TPSA) is 112 Å². The van der Waals surface area contributed by atoms with E-state index >= 15 is 0 Å². The van der Waals surface area contributed by atoms with E-state index < -0.39 is 17.8 Å². The van der Waals surface area contributed by atoms with Crippen LogP contribution in [0, 0.1) is 5.82 Å². The van der Waals surface area contributed by atoms with Crippen LogP contribution in [0.25, 0.3) is 0 Å². The number of carbonyl (C=O) groups excluding carboxylic acids is 1. The average molecular weight is 497 g/mol. The van der Waals surface area contributed by atoms with Crippen molar-refractivity contribution < 1.29 is 18.7 Å². The lowest BCUT2D eigenvalue weighted by atomic mass is 9.83. The smallest absolute Gasteiger partial charge is 0.338 e. The Morgan fingerprint density at radius 2 is 2.26 bits per heavy atom. The van der Waals surface area contributed by atoms with E-state index in [0.29, 0.717) is 54.0 Å². The molecule has 2 unspecified atom stereocenters. The number of morpholine rings is 1. The second-order valence-electron chi connectivity index (χ2n) is 8.23. The molecule has 2 aromatic rings. The summed E-state index contributed by atoms with van der Waals surface area (Å²) in [6, 6.07) is 3.34. The summed E-state index contributed by atoms with van der Waals surface area (Å²) >= 11 is 1.42. The van der Waals surface area contributed by atoms with Gasteiger partial charge in [-0.3, -0.25) is 9.89 Å². The van der Waals surface area contributed by atoms with Crippen LogP contribution >= 0.6 is 11.3 Å². The first-order valence-corrected chi connectivity index (χ1v) is 12.2. The molecule has 13 heteroatoms. The average Bonchev–Trinajstić information content (AvgIpc) is 3.34. The fourth-order valence-electron chi connectivity index (χ4n) is 4.35. The molecule has 4 N–H and O–H groups in total. The van der Waals surface area contributed by atoms with Gasteiger partial charge in [0.05, 0.1) is 31.4 Å². The van der Waals surface area contributed by atoms with Crippen LogP contribution in [0.5, 0.6) is 0 Å². The number of aromatic nitrogens is 1. The summed E-state index contributed by atoms with van der Waals surface area (Å²) in [6.45, 7) is 4.12. The molecular weight excluding hydrogens is 472 g/mol. The molecule has 2 radical (unpaired) electrons. The van der Waals surface area contributed by atoms with E-state index in [0.717, 1.165) is 0 Å². The number of nitrogens with one attached hydrogen (secondary N) is 4. The van der Waals surface area contributed by atoms with Crippen LogP contribution in [0.3, 0.4) is 0 Å². The second-order valence-corrected chi connectivity index (χ2v) is 9.13. The summed E-state index contributed by atoms with van der Waals surface area (Å²) in [5, 5.41) is 5.86. The van der Waals surface area contributed by atoms with Gasteiger partial charge in [-0.25, -0.2) is 25.0 Å². The summed E-state index contributed by atoms with van der Waals surface area (Å²) in [7, 11) is 6.20. The molecule has 2 saturated heterocycles. The number of amidine groups is 1. The van der Waals surface area contributed by atoms with Gasteiger partial charge in [-0.05, 0) is 24.6 Å². The summed E-state index contributed by atoms with van der Waals surface area (Å²) in [5.74, 6) is -0.448. The molecule has 1 aromatic carbocycles. The SMILES string of the molecule is [B]c1cc(F)ccc1C1N=C(c2nccs2)NC(CN2CCOCC2C2NNN2)=C1C(=O)OCC. The number of thiazole rings is 1. The summed E-state index contributed by atoms with van der Waals surface area (Å²) in [5.41, 5.74) is 10.8. The number of aliphatic imine (C=N–C) groups is 1. The van der Waals surface area contributed by atoms with Crippen LogP contribution in [-0.4, -0.2) is 74.7 Å². The molecule has 4 heterocycles. The van der Waals surface area contributed by atoms with Gasteiger partial charge in [0.2, 0.25) is 0 Å². The predicted molar refractivity (Wildman–Crippen MR) is 129 cm³/mol. The summed E-state index contributed by atoms with van der Waals surface area (Å²) < 4.78 is 25.0. The Balaban J connectivity index is 1.58. The molecular formula is C22H25BFN7O3S. The van der Waals surface area contributed by atoms with E-state index in [1.54, 1.807) is 19.2 Å². The number of halogens is 1. The van der Waals surface area contributed by atoms with Crippen molar-refractivity contribution in [3.05, 3.63) is 57.4 Å². The number of nitrogens with zero attached hydrogens (tertiary/aromatic N) is 3. The number of carbonyl (C=O) groups is 1. The lowest BCUT2D eigenvalue weighted by Gasteiger charge is -2.45. The van der Waals surface area contributed by atoms with Gasteiger partial charge in [-0.1, -0.05) is 11.5 Å². The molecule has 1 aromatic heterocycles. The standard InChI is InChI=1S/C22H25BFN7O3S/c1-2-34-22(32)17-15(10-31-6-7-33-11-16(31)19-28-30-29-19)26-20(21-25-5-8-35-21)27-18(17)13-4-3-12(24)9-14(13)23/h3-5,8-9,16,18-19,28-30H,2,6-7,10-11H2,1H3,(H,26,27). The quantitative estimate of drug-likeness (QED) is 0.301. The maximum atomic E-state index is 13.9. The van der Waals surface area contributed by atoms with Crippen molar-refractivity contribution in [3.8, 4) is 0 Å². The molecule has 0 aliphatic carbocycles. The van der Waals surface area contributed by atoms with E-state index in [2.05, 4.69) is 31.6 Å². The first-order valence-electron chi connectivity index (χ1n) is 11.3. The predicted octanol–water partition coefficient (Wildman–Crippen LogP) is -0.376. The molecule has 5 rings (SSSR count). The summed E-state index contributed by atoms with van der Waals surface area (Å²) in [4.78, 5) is 24.7. The highest BCUT2D eigenvalue weighted by Crippen LogP contribution is 2.33. The fraction of sp³-hybridized carbons (Fsp3) is 0.409. The Kier molecular flexibility index (Phi) is 7.23. The zero-order chi connectivity index (χ0) is 24.4. The van der Waals surface area contributed by atoms with Crippen molar-refractivity contribution in [2.75, 3.05) is 32.9 Å². The van der Waals surface area contributed by atoms with Gasteiger partial charge in [0.1, 0.15) is 25.9 Å². The monoisotopic (exact) mass is 497 g/mol. The minimum absolute atomic E-state index is 0.0128. The minimum atomic E-state index is -0.786. The van der Waals surface area contributed by atoms with Crippen LogP contribution in [0.15, 0.2) is 46.0 Å². The van der Waals surface area contributed by atoms with Gasteiger partial charge in [-0.15, -0.1) is 11.3 Å². The number of benzene rings is 1. The molecule has 3 aliphatic rings. The van der Waals surface area contributed by atoms with Gasteiger partial charge < -0.3 is 14.8 Å². The zero-order valence-electron chi connectivity index (χ0n) is 19.1. The van der Waals surface area contributed by atoms with E-state index in [1.165, 1.54) is 23.5 Å². The number of hydrogen-bond acceptors (Lipinski definition) is 11. The van der Waals surface area contributed by atoms with Gasteiger partial charge >= 0.3 is 5.97 Å². The van der Waals surface area contributed by atoms with Crippen molar-refractivity contribution in [2.45, 2.75) is 25.2 Å². The fourth-order valence-corrected chi connectivity index (χ4v) is 4.94. The van der Waals surface area contributed by atoms with E-state index in [-0.39, 0.29) is 24.3 Å². The highest BCUT2D eigenvalue weighted by molar-refractivity contribution is 7.11. The Morgan fingerprint density at radius 1 is 1.40 bits per heavy atom. The largest absolute Gasteiger partial charge is 0.463 e. The number of rotatable bonds is 7. The van der Waals surface area contributed by atoms with Crippen LogP contribution in [0.2, 0.25) is 0 Å². The van der Waals surface area contributed by atoms with Crippen LogP contribution in [0.1, 0.15) is 23.5 Å². The molecule has 0 spiro atoms. The van der Waals surface area contributed by atoms with E-state index in [1.807, 2.05) is 5.38 Å². The van der Waals surface area contributed by atoms with E-state index in [9.17, 15) is 9.18 Å². The maximum absolute atomic E-state index is 13.9. The Morgan fingerprint density at radius 3 is 2.94 bits per heavy atom. The maximum Gasteiger partial charge on any atom is 0.338 e. The van der Waals surface area contributed by atoms with Gasteiger partial charge in [0.15, 0.2) is 10.8 Å². The zero-order valence-corrected chi connectivity index (χ0v) is 19.9. The number of esters is 1. The molecule has 2 atom stereocenters. The molecule has 0 saturated carbocycles. The van der Waals surface area contributed by atoms with Gasteiger partial charge in [0, 0.05) is 30.4 Å². The third kappa shape index (κ3) is 5.01. The van der Waals surface area contributed by atoms with Crippen molar-refractivity contribution >= 4 is 36.5 Å². The van der Waals surface area contributed by atoms with Crippen LogP contribution < -0.4 is 27.2 Å². The van der Waals surface area contributed by atoms with E-state index in [4.69, 9.17) is 22.3 Å². The van der Waals surface area contributed by atoms with Crippen molar-refractivity contribution in [2.24, 2.45) is 4.99 Å². The minimum Gasteiger partial charge on any atom is -0.463 e. The molecule has 3 aliphatic heterocycles. The third-order valence-corrected chi connectivity index (χ3v) is 6.86. The molecule has 35 heavy (non-hydrogen) atoms.